The highest BCUT2D eigenvalue weighted by Crippen LogP contribution is 2.36. The molecule has 0 N–H and O–H groups in total. The van der Waals surface area contributed by atoms with Gasteiger partial charge in [0.1, 0.15) is 0 Å². The van der Waals surface area contributed by atoms with Crippen LogP contribution in [-0.4, -0.2) is 5.78 Å². The number of aromatic nitrogens is 1. The van der Waals surface area contributed by atoms with E-state index in [1.807, 2.05) is 35.2 Å². The lowest BCUT2D eigenvalue weighted by molar-refractivity contribution is -0.681. The fourth-order valence-electron chi connectivity index (χ4n) is 3.85. The third-order valence-corrected chi connectivity index (χ3v) is 5.19. The van der Waals surface area contributed by atoms with Gasteiger partial charge < -0.3 is 0 Å². The van der Waals surface area contributed by atoms with Crippen LogP contribution in [0.4, 0.5) is 0 Å². The molecule has 1 aliphatic carbocycles. The van der Waals surface area contributed by atoms with Crippen molar-refractivity contribution in [1.82, 2.24) is 0 Å². The number of rotatable bonds is 3. The molecule has 4 aromatic rings. The molecular formula is C24H18NO+. The van der Waals surface area contributed by atoms with Gasteiger partial charge in [0.15, 0.2) is 12.4 Å². The molecule has 2 nitrogen and oxygen atoms in total. The largest absolute Gasteiger partial charge is 0.287 e. The number of nitrogens with zero attached hydrogens (tertiary/aromatic N) is 1. The Morgan fingerprint density at radius 3 is 2.50 bits per heavy atom. The summed E-state index contributed by atoms with van der Waals surface area (Å²) in [6.45, 7) is 0.358. The molecule has 2 heteroatoms. The van der Waals surface area contributed by atoms with Gasteiger partial charge in [-0.05, 0) is 46.2 Å². The number of hydrogen-bond acceptors (Lipinski definition) is 1. The van der Waals surface area contributed by atoms with E-state index in [0.717, 1.165) is 17.4 Å². The van der Waals surface area contributed by atoms with Crippen molar-refractivity contribution in [3.05, 3.63) is 102 Å². The highest BCUT2D eigenvalue weighted by molar-refractivity contribution is 5.96. The monoisotopic (exact) mass is 336 g/mol. The predicted octanol–water partition coefficient (Wildman–Crippen LogP) is 4.58. The number of fused-ring (bicyclic) bond motifs is 4. The fraction of sp³-hybridized carbons (Fsp3) is 0.0833. The number of Topliss-reactive ketones (excluding diaryl/α,β-unsaturated/α-hetero) is 1. The molecule has 0 amide bonds. The van der Waals surface area contributed by atoms with Crippen molar-refractivity contribution in [3.8, 4) is 11.1 Å². The number of benzene rings is 3. The summed E-state index contributed by atoms with van der Waals surface area (Å²) in [7, 11) is 0. The SMILES string of the molecule is O=C(C[n+]1ccc2ccccc2c1)c1ccc2c(c1)Cc1ccccc1-2. The zero-order valence-electron chi connectivity index (χ0n) is 14.4. The molecule has 0 radical (unpaired) electrons. The molecule has 1 aromatic heterocycles. The summed E-state index contributed by atoms with van der Waals surface area (Å²) in [6, 6.07) is 24.9. The Labute approximate surface area is 152 Å². The zero-order chi connectivity index (χ0) is 17.5. The third kappa shape index (κ3) is 2.51. The van der Waals surface area contributed by atoms with Crippen LogP contribution in [0.3, 0.4) is 0 Å². The molecule has 0 fully saturated rings. The second-order valence-electron chi connectivity index (χ2n) is 6.88. The number of carbonyl (C=O) groups is 1. The summed E-state index contributed by atoms with van der Waals surface area (Å²) >= 11 is 0. The average molecular weight is 336 g/mol. The van der Waals surface area contributed by atoms with Gasteiger partial charge in [0.05, 0.1) is 0 Å². The summed E-state index contributed by atoms with van der Waals surface area (Å²) in [5, 5.41) is 2.33. The normalized spacial score (nSPS) is 12.0. The Kier molecular flexibility index (Phi) is 3.42. The molecule has 0 aliphatic heterocycles. The van der Waals surface area contributed by atoms with E-state index in [1.54, 1.807) is 0 Å². The van der Waals surface area contributed by atoms with Crippen LogP contribution in [0.25, 0.3) is 21.9 Å². The summed E-state index contributed by atoms with van der Waals surface area (Å²) < 4.78 is 1.96. The van der Waals surface area contributed by atoms with Crippen molar-refractivity contribution < 1.29 is 9.36 Å². The Balaban J connectivity index is 1.43. The molecule has 0 saturated carbocycles. The maximum Gasteiger partial charge on any atom is 0.227 e. The smallest absolute Gasteiger partial charge is 0.227 e. The first-order valence-electron chi connectivity index (χ1n) is 8.90. The minimum absolute atomic E-state index is 0.143. The number of pyridine rings is 1. The Hall–Kier alpha value is -3.26. The lowest BCUT2D eigenvalue weighted by atomic mass is 10.0. The van der Waals surface area contributed by atoms with Gasteiger partial charge in [0.2, 0.25) is 12.3 Å². The maximum atomic E-state index is 12.8. The Bertz CT molecular complexity index is 1160. The molecule has 5 rings (SSSR count). The van der Waals surface area contributed by atoms with E-state index in [2.05, 4.69) is 54.6 Å². The van der Waals surface area contributed by atoms with Gasteiger partial charge in [-0.25, -0.2) is 0 Å². The van der Waals surface area contributed by atoms with Gasteiger partial charge in [-0.1, -0.05) is 54.6 Å². The maximum absolute atomic E-state index is 12.8. The molecule has 0 saturated heterocycles. The fourth-order valence-corrected chi connectivity index (χ4v) is 3.85. The van der Waals surface area contributed by atoms with Crippen molar-refractivity contribution in [3.63, 3.8) is 0 Å². The Morgan fingerprint density at radius 1 is 0.808 bits per heavy atom. The number of carbonyl (C=O) groups excluding carboxylic acids is 1. The molecule has 0 unspecified atom stereocenters. The first-order chi connectivity index (χ1) is 12.8. The van der Waals surface area contributed by atoms with Crippen molar-refractivity contribution in [2.24, 2.45) is 0 Å². The van der Waals surface area contributed by atoms with E-state index in [-0.39, 0.29) is 5.78 Å². The molecule has 0 atom stereocenters. The topological polar surface area (TPSA) is 20.9 Å². The van der Waals surface area contributed by atoms with Crippen LogP contribution in [-0.2, 0) is 13.0 Å². The van der Waals surface area contributed by atoms with Gasteiger partial charge >= 0.3 is 0 Å². The lowest BCUT2D eigenvalue weighted by Gasteiger charge is -2.04. The number of hydrogen-bond donors (Lipinski definition) is 0. The summed E-state index contributed by atoms with van der Waals surface area (Å²) in [5.41, 5.74) is 5.94. The van der Waals surface area contributed by atoms with Gasteiger partial charge in [-0.15, -0.1) is 0 Å². The quantitative estimate of drug-likeness (QED) is 0.349. The summed E-state index contributed by atoms with van der Waals surface area (Å²) in [6.07, 6.45) is 4.93. The van der Waals surface area contributed by atoms with E-state index in [4.69, 9.17) is 0 Å². The van der Waals surface area contributed by atoms with E-state index < -0.39 is 0 Å². The van der Waals surface area contributed by atoms with Crippen molar-refractivity contribution in [2.75, 3.05) is 0 Å². The molecule has 3 aromatic carbocycles. The van der Waals surface area contributed by atoms with Gasteiger partial charge in [-0.2, -0.15) is 4.57 Å². The predicted molar refractivity (Wildman–Crippen MR) is 103 cm³/mol. The molecule has 124 valence electrons. The highest BCUT2D eigenvalue weighted by atomic mass is 16.1. The standard InChI is InChI=1S/C24H18NO/c26-24(16-25-12-11-17-5-1-2-7-20(17)15-25)19-9-10-23-21(14-19)13-18-6-3-4-8-22(18)23/h1-12,14-15H,13,16H2/q+1. The van der Waals surface area contributed by atoms with E-state index in [9.17, 15) is 4.79 Å². The van der Waals surface area contributed by atoms with E-state index in [1.165, 1.54) is 27.6 Å². The van der Waals surface area contributed by atoms with Crippen LogP contribution in [0.15, 0.2) is 85.2 Å². The third-order valence-electron chi connectivity index (χ3n) is 5.19. The van der Waals surface area contributed by atoms with Gasteiger partial charge in [0.25, 0.3) is 0 Å². The van der Waals surface area contributed by atoms with Crippen LogP contribution in [0.1, 0.15) is 21.5 Å². The molecule has 0 bridgehead atoms. The highest BCUT2D eigenvalue weighted by Gasteiger charge is 2.20. The summed E-state index contributed by atoms with van der Waals surface area (Å²) in [4.78, 5) is 12.8. The van der Waals surface area contributed by atoms with Crippen LogP contribution < -0.4 is 4.57 Å². The van der Waals surface area contributed by atoms with Crippen molar-refractivity contribution in [1.29, 1.82) is 0 Å². The molecular weight excluding hydrogens is 318 g/mol. The Morgan fingerprint density at radius 2 is 1.58 bits per heavy atom. The summed E-state index contributed by atoms with van der Waals surface area (Å²) in [5.74, 6) is 0.143. The molecule has 1 aliphatic rings. The van der Waals surface area contributed by atoms with E-state index >= 15 is 0 Å². The average Bonchev–Trinajstić information content (AvgIpc) is 3.05. The lowest BCUT2D eigenvalue weighted by Crippen LogP contribution is -2.37. The first kappa shape index (κ1) is 15.0. The van der Waals surface area contributed by atoms with Gasteiger partial charge in [-0.3, -0.25) is 4.79 Å². The second-order valence-corrected chi connectivity index (χ2v) is 6.88. The van der Waals surface area contributed by atoms with E-state index in [0.29, 0.717) is 6.54 Å². The molecule has 1 heterocycles. The van der Waals surface area contributed by atoms with Crippen LogP contribution >= 0.6 is 0 Å². The second kappa shape index (κ2) is 5.92. The van der Waals surface area contributed by atoms with Gasteiger partial charge in [0, 0.05) is 17.0 Å². The molecule has 26 heavy (non-hydrogen) atoms. The zero-order valence-corrected chi connectivity index (χ0v) is 14.4. The van der Waals surface area contributed by atoms with Crippen LogP contribution in [0.5, 0.6) is 0 Å². The van der Waals surface area contributed by atoms with Crippen molar-refractivity contribution >= 4 is 16.6 Å². The minimum Gasteiger partial charge on any atom is -0.287 e. The van der Waals surface area contributed by atoms with Crippen LogP contribution in [0, 0.1) is 0 Å². The first-order valence-corrected chi connectivity index (χ1v) is 8.90. The molecule has 0 spiro atoms. The minimum atomic E-state index is 0.143. The van der Waals surface area contributed by atoms with Crippen LogP contribution in [0.2, 0.25) is 0 Å². The number of ketones is 1. The van der Waals surface area contributed by atoms with Crippen molar-refractivity contribution in [2.45, 2.75) is 13.0 Å².